The molecular formula is C13H23N3O. The van der Waals surface area contributed by atoms with Crippen LogP contribution in [0.25, 0.3) is 0 Å². The Morgan fingerprint density at radius 1 is 1.47 bits per heavy atom. The van der Waals surface area contributed by atoms with Crippen molar-refractivity contribution in [3.05, 3.63) is 18.7 Å². The van der Waals surface area contributed by atoms with Crippen molar-refractivity contribution < 1.29 is 5.11 Å². The molecule has 0 saturated heterocycles. The van der Waals surface area contributed by atoms with Gasteiger partial charge in [0.25, 0.3) is 0 Å². The van der Waals surface area contributed by atoms with Gasteiger partial charge in [0, 0.05) is 30.5 Å². The van der Waals surface area contributed by atoms with Crippen LogP contribution in [-0.2, 0) is 6.54 Å². The summed E-state index contributed by atoms with van der Waals surface area (Å²) in [5.74, 6) is 0. The smallest absolute Gasteiger partial charge is 0.0945 e. The molecule has 1 aliphatic carbocycles. The van der Waals surface area contributed by atoms with Crippen molar-refractivity contribution in [1.82, 2.24) is 14.9 Å². The summed E-state index contributed by atoms with van der Waals surface area (Å²) in [5.41, 5.74) is -0.0872. The molecule has 1 heterocycles. The Balaban J connectivity index is 1.65. The standard InChI is InChI=1S/C13H23N3O/c1-13(10-17,15-12-4-5-12)6-2-3-8-16-9-7-14-11-16/h7,9,11-12,15,17H,2-6,8,10H2,1H3. The quantitative estimate of drug-likeness (QED) is 0.675. The lowest BCUT2D eigenvalue weighted by atomic mass is 9.95. The molecule has 1 fully saturated rings. The topological polar surface area (TPSA) is 50.1 Å². The zero-order chi connectivity index (χ0) is 12.1. The van der Waals surface area contributed by atoms with E-state index in [4.69, 9.17) is 0 Å². The van der Waals surface area contributed by atoms with Crippen LogP contribution in [0.2, 0.25) is 0 Å². The molecule has 0 spiro atoms. The lowest BCUT2D eigenvalue weighted by Gasteiger charge is -2.29. The van der Waals surface area contributed by atoms with Crippen LogP contribution < -0.4 is 5.32 Å². The molecule has 17 heavy (non-hydrogen) atoms. The summed E-state index contributed by atoms with van der Waals surface area (Å²) in [6, 6.07) is 0.654. The number of nitrogens with zero attached hydrogens (tertiary/aromatic N) is 2. The largest absolute Gasteiger partial charge is 0.394 e. The van der Waals surface area contributed by atoms with E-state index < -0.39 is 0 Å². The van der Waals surface area contributed by atoms with Crippen molar-refractivity contribution in [3.8, 4) is 0 Å². The second-order valence-corrected chi connectivity index (χ2v) is 5.40. The molecule has 0 radical (unpaired) electrons. The van der Waals surface area contributed by atoms with Crippen LogP contribution in [-0.4, -0.2) is 32.8 Å². The Labute approximate surface area is 103 Å². The number of hydrogen-bond donors (Lipinski definition) is 2. The molecule has 0 aliphatic heterocycles. The van der Waals surface area contributed by atoms with Crippen molar-refractivity contribution >= 4 is 0 Å². The fourth-order valence-corrected chi connectivity index (χ4v) is 2.15. The summed E-state index contributed by atoms with van der Waals surface area (Å²) in [4.78, 5) is 4.02. The Hall–Kier alpha value is -0.870. The molecule has 1 aromatic rings. The number of hydrogen-bond acceptors (Lipinski definition) is 3. The van der Waals surface area contributed by atoms with E-state index in [0.717, 1.165) is 25.8 Å². The van der Waals surface area contributed by atoms with Crippen molar-refractivity contribution in [3.63, 3.8) is 0 Å². The Kier molecular flexibility index (Phi) is 4.18. The second kappa shape index (κ2) is 5.65. The van der Waals surface area contributed by atoms with Crippen LogP contribution in [0.5, 0.6) is 0 Å². The van der Waals surface area contributed by atoms with Crippen molar-refractivity contribution in [2.24, 2.45) is 0 Å². The molecule has 1 unspecified atom stereocenters. The summed E-state index contributed by atoms with van der Waals surface area (Å²) >= 11 is 0. The van der Waals surface area contributed by atoms with Gasteiger partial charge in [0.1, 0.15) is 0 Å². The minimum atomic E-state index is -0.0872. The number of rotatable bonds is 8. The fraction of sp³-hybridized carbons (Fsp3) is 0.769. The van der Waals surface area contributed by atoms with E-state index in [9.17, 15) is 5.11 Å². The molecule has 1 atom stereocenters. The summed E-state index contributed by atoms with van der Waals surface area (Å²) < 4.78 is 2.10. The van der Waals surface area contributed by atoms with Gasteiger partial charge in [-0.2, -0.15) is 0 Å². The van der Waals surface area contributed by atoms with Gasteiger partial charge in [-0.25, -0.2) is 4.98 Å². The van der Waals surface area contributed by atoms with Crippen LogP contribution in [0.15, 0.2) is 18.7 Å². The number of aliphatic hydroxyl groups is 1. The van der Waals surface area contributed by atoms with Gasteiger partial charge in [0.05, 0.1) is 12.9 Å². The summed E-state index contributed by atoms with van der Waals surface area (Å²) in [5, 5.41) is 13.0. The molecule has 1 saturated carbocycles. The molecule has 1 aromatic heterocycles. The average Bonchev–Trinajstić information content (AvgIpc) is 2.97. The average molecular weight is 237 g/mol. The third-order valence-corrected chi connectivity index (χ3v) is 3.43. The third-order valence-electron chi connectivity index (χ3n) is 3.43. The highest BCUT2D eigenvalue weighted by Gasteiger charge is 2.31. The van der Waals surface area contributed by atoms with Crippen molar-refractivity contribution in [2.45, 2.75) is 57.2 Å². The second-order valence-electron chi connectivity index (χ2n) is 5.40. The number of unbranched alkanes of at least 4 members (excludes halogenated alkanes) is 1. The van der Waals surface area contributed by atoms with Crippen LogP contribution in [0.3, 0.4) is 0 Å². The molecule has 0 amide bonds. The Bertz CT molecular complexity index is 321. The summed E-state index contributed by atoms with van der Waals surface area (Å²) in [6.07, 6.45) is 11.5. The molecule has 2 rings (SSSR count). The van der Waals surface area contributed by atoms with Crippen LogP contribution in [0.1, 0.15) is 39.0 Å². The minimum Gasteiger partial charge on any atom is -0.394 e. The molecule has 1 aliphatic rings. The van der Waals surface area contributed by atoms with E-state index >= 15 is 0 Å². The first kappa shape index (κ1) is 12.6. The molecule has 2 N–H and O–H groups in total. The van der Waals surface area contributed by atoms with Gasteiger partial charge in [-0.15, -0.1) is 0 Å². The fourth-order valence-electron chi connectivity index (χ4n) is 2.15. The van der Waals surface area contributed by atoms with Gasteiger partial charge in [-0.3, -0.25) is 0 Å². The molecule has 0 aromatic carbocycles. The first-order valence-electron chi connectivity index (χ1n) is 6.56. The number of aromatic nitrogens is 2. The number of aryl methyl sites for hydroxylation is 1. The highest BCUT2D eigenvalue weighted by molar-refractivity contribution is 4.92. The van der Waals surface area contributed by atoms with Crippen molar-refractivity contribution in [1.29, 1.82) is 0 Å². The molecule has 4 heteroatoms. The van der Waals surface area contributed by atoms with Crippen LogP contribution in [0, 0.1) is 0 Å². The maximum atomic E-state index is 9.47. The van der Waals surface area contributed by atoms with E-state index in [2.05, 4.69) is 21.8 Å². The van der Waals surface area contributed by atoms with E-state index in [1.165, 1.54) is 12.8 Å². The molecule has 96 valence electrons. The van der Waals surface area contributed by atoms with Crippen molar-refractivity contribution in [2.75, 3.05) is 6.61 Å². The molecular weight excluding hydrogens is 214 g/mol. The summed E-state index contributed by atoms with van der Waals surface area (Å²) in [7, 11) is 0. The van der Waals surface area contributed by atoms with Gasteiger partial charge >= 0.3 is 0 Å². The van der Waals surface area contributed by atoms with Gasteiger partial charge in [0.2, 0.25) is 0 Å². The number of aliphatic hydroxyl groups excluding tert-OH is 1. The normalized spacial score (nSPS) is 19.2. The Morgan fingerprint density at radius 2 is 2.29 bits per heavy atom. The minimum absolute atomic E-state index is 0.0872. The number of imidazole rings is 1. The van der Waals surface area contributed by atoms with E-state index in [-0.39, 0.29) is 12.1 Å². The van der Waals surface area contributed by atoms with Gasteiger partial charge < -0.3 is 15.0 Å². The zero-order valence-electron chi connectivity index (χ0n) is 10.6. The van der Waals surface area contributed by atoms with Crippen LogP contribution in [0.4, 0.5) is 0 Å². The predicted molar refractivity (Wildman–Crippen MR) is 67.7 cm³/mol. The lowest BCUT2D eigenvalue weighted by Crippen LogP contribution is -2.46. The van der Waals surface area contributed by atoms with E-state index in [1.54, 1.807) is 0 Å². The SMILES string of the molecule is CC(CO)(CCCCn1ccnc1)NC1CC1. The zero-order valence-corrected chi connectivity index (χ0v) is 10.6. The van der Waals surface area contributed by atoms with Gasteiger partial charge in [-0.05, 0) is 39.0 Å². The van der Waals surface area contributed by atoms with Gasteiger partial charge in [-0.1, -0.05) is 0 Å². The first-order chi connectivity index (χ1) is 8.22. The predicted octanol–water partition coefficient (Wildman–Crippen LogP) is 1.56. The number of nitrogens with one attached hydrogen (secondary N) is 1. The molecule has 4 nitrogen and oxygen atoms in total. The first-order valence-corrected chi connectivity index (χ1v) is 6.56. The highest BCUT2D eigenvalue weighted by Crippen LogP contribution is 2.24. The van der Waals surface area contributed by atoms with E-state index in [0.29, 0.717) is 6.04 Å². The lowest BCUT2D eigenvalue weighted by molar-refractivity contribution is 0.160. The van der Waals surface area contributed by atoms with E-state index in [1.807, 2.05) is 18.7 Å². The maximum absolute atomic E-state index is 9.47. The highest BCUT2D eigenvalue weighted by atomic mass is 16.3. The summed E-state index contributed by atoms with van der Waals surface area (Å²) in [6.45, 7) is 3.38. The molecule has 0 bridgehead atoms. The monoisotopic (exact) mass is 237 g/mol. The Morgan fingerprint density at radius 3 is 2.88 bits per heavy atom. The third kappa shape index (κ3) is 4.13. The maximum Gasteiger partial charge on any atom is 0.0945 e. The van der Waals surface area contributed by atoms with Gasteiger partial charge in [0.15, 0.2) is 0 Å². The van der Waals surface area contributed by atoms with Crippen LogP contribution >= 0.6 is 0 Å².